The van der Waals surface area contributed by atoms with Crippen molar-refractivity contribution in [2.24, 2.45) is 16.0 Å². The molecule has 0 aliphatic heterocycles. The molecule has 2 aromatic rings. The SMILES string of the molecule is NCCNc1ccccc1/N=N/c1ccc(O)cc1. The van der Waals surface area contributed by atoms with Crippen LogP contribution in [0.15, 0.2) is 58.8 Å². The highest BCUT2D eigenvalue weighted by Gasteiger charge is 1.99. The molecule has 19 heavy (non-hydrogen) atoms. The van der Waals surface area contributed by atoms with Crippen LogP contribution in [0.3, 0.4) is 0 Å². The van der Waals surface area contributed by atoms with Crippen molar-refractivity contribution in [2.75, 3.05) is 18.4 Å². The van der Waals surface area contributed by atoms with Crippen LogP contribution in [0.5, 0.6) is 5.75 Å². The Morgan fingerprint density at radius 3 is 2.47 bits per heavy atom. The van der Waals surface area contributed by atoms with Gasteiger partial charge in [0.25, 0.3) is 0 Å². The van der Waals surface area contributed by atoms with E-state index in [0.29, 0.717) is 18.8 Å². The Hall–Kier alpha value is -2.40. The Kier molecular flexibility index (Phi) is 4.47. The summed E-state index contributed by atoms with van der Waals surface area (Å²) in [5.74, 6) is 0.212. The molecule has 0 aliphatic carbocycles. The lowest BCUT2D eigenvalue weighted by Crippen LogP contribution is -2.12. The normalized spacial score (nSPS) is 10.8. The third kappa shape index (κ3) is 3.79. The van der Waals surface area contributed by atoms with Crippen LogP contribution in [0.2, 0.25) is 0 Å². The summed E-state index contributed by atoms with van der Waals surface area (Å²) in [5, 5.41) is 20.7. The quantitative estimate of drug-likeness (QED) is 0.718. The van der Waals surface area contributed by atoms with E-state index in [0.717, 1.165) is 11.4 Å². The third-order valence-corrected chi connectivity index (χ3v) is 2.49. The van der Waals surface area contributed by atoms with Crippen molar-refractivity contribution in [2.45, 2.75) is 0 Å². The van der Waals surface area contributed by atoms with Crippen LogP contribution in [-0.2, 0) is 0 Å². The molecule has 2 aromatic carbocycles. The summed E-state index contributed by atoms with van der Waals surface area (Å²) in [7, 11) is 0. The van der Waals surface area contributed by atoms with Gasteiger partial charge in [0.05, 0.1) is 11.4 Å². The largest absolute Gasteiger partial charge is 0.508 e. The molecule has 0 saturated carbocycles. The zero-order valence-corrected chi connectivity index (χ0v) is 10.5. The topological polar surface area (TPSA) is 83.0 Å². The molecule has 5 nitrogen and oxygen atoms in total. The lowest BCUT2D eigenvalue weighted by atomic mass is 10.2. The van der Waals surface area contributed by atoms with Gasteiger partial charge in [-0.1, -0.05) is 12.1 Å². The minimum atomic E-state index is 0.212. The molecule has 0 unspecified atom stereocenters. The summed E-state index contributed by atoms with van der Waals surface area (Å²) in [5.41, 5.74) is 7.80. The molecule has 0 saturated heterocycles. The number of azo groups is 1. The second-order valence-electron chi connectivity index (χ2n) is 3.95. The zero-order valence-electron chi connectivity index (χ0n) is 10.5. The number of nitrogens with one attached hydrogen (secondary N) is 1. The lowest BCUT2D eigenvalue weighted by Gasteiger charge is -2.06. The molecule has 4 N–H and O–H groups in total. The van der Waals surface area contributed by atoms with E-state index in [9.17, 15) is 5.11 Å². The van der Waals surface area contributed by atoms with Crippen LogP contribution in [0.1, 0.15) is 0 Å². The first-order chi connectivity index (χ1) is 9.29. The molecular formula is C14H16N4O. The van der Waals surface area contributed by atoms with Crippen LogP contribution >= 0.6 is 0 Å². The smallest absolute Gasteiger partial charge is 0.115 e. The molecule has 0 atom stereocenters. The summed E-state index contributed by atoms with van der Waals surface area (Å²) < 4.78 is 0. The van der Waals surface area contributed by atoms with Crippen molar-refractivity contribution in [3.05, 3.63) is 48.5 Å². The fourth-order valence-electron chi connectivity index (χ4n) is 1.55. The summed E-state index contributed by atoms with van der Waals surface area (Å²) in [6, 6.07) is 14.2. The molecule has 0 radical (unpaired) electrons. The van der Waals surface area contributed by atoms with Crippen molar-refractivity contribution in [3.63, 3.8) is 0 Å². The molecule has 0 fully saturated rings. The molecule has 98 valence electrons. The monoisotopic (exact) mass is 256 g/mol. The van der Waals surface area contributed by atoms with Crippen LogP contribution in [0.25, 0.3) is 0 Å². The van der Waals surface area contributed by atoms with Crippen molar-refractivity contribution in [3.8, 4) is 5.75 Å². The van der Waals surface area contributed by atoms with Gasteiger partial charge < -0.3 is 16.2 Å². The first-order valence-electron chi connectivity index (χ1n) is 6.03. The van der Waals surface area contributed by atoms with Crippen LogP contribution in [0, 0.1) is 0 Å². The maximum Gasteiger partial charge on any atom is 0.115 e. The molecule has 0 bridgehead atoms. The Bertz CT molecular complexity index is 552. The van der Waals surface area contributed by atoms with Gasteiger partial charge in [-0.15, -0.1) is 5.11 Å². The predicted molar refractivity (Wildman–Crippen MR) is 76.3 cm³/mol. The number of nitrogens with two attached hydrogens (primary N) is 1. The average molecular weight is 256 g/mol. The number of hydrogen-bond donors (Lipinski definition) is 3. The van der Waals surface area contributed by atoms with E-state index in [1.807, 2.05) is 24.3 Å². The Balaban J connectivity index is 2.15. The van der Waals surface area contributed by atoms with Crippen molar-refractivity contribution in [1.82, 2.24) is 0 Å². The van der Waals surface area contributed by atoms with Crippen molar-refractivity contribution < 1.29 is 5.11 Å². The number of aromatic hydroxyl groups is 1. The van der Waals surface area contributed by atoms with Gasteiger partial charge in [0.1, 0.15) is 11.4 Å². The number of para-hydroxylation sites is 1. The van der Waals surface area contributed by atoms with Crippen LogP contribution in [-0.4, -0.2) is 18.2 Å². The number of nitrogens with zero attached hydrogens (tertiary/aromatic N) is 2. The molecular weight excluding hydrogens is 240 g/mol. The van der Waals surface area contributed by atoms with E-state index >= 15 is 0 Å². The fourth-order valence-corrected chi connectivity index (χ4v) is 1.55. The van der Waals surface area contributed by atoms with Crippen LogP contribution < -0.4 is 11.1 Å². The van der Waals surface area contributed by atoms with Crippen molar-refractivity contribution in [1.29, 1.82) is 0 Å². The molecule has 0 heterocycles. The van der Waals surface area contributed by atoms with E-state index in [4.69, 9.17) is 5.73 Å². The van der Waals surface area contributed by atoms with E-state index in [2.05, 4.69) is 15.5 Å². The highest BCUT2D eigenvalue weighted by atomic mass is 16.3. The average Bonchev–Trinajstić information content (AvgIpc) is 2.45. The van der Waals surface area contributed by atoms with Crippen LogP contribution in [0.4, 0.5) is 17.1 Å². The summed E-state index contributed by atoms with van der Waals surface area (Å²) in [6.45, 7) is 1.25. The van der Waals surface area contributed by atoms with Gasteiger partial charge in [0.15, 0.2) is 0 Å². The van der Waals surface area contributed by atoms with Gasteiger partial charge in [-0.05, 0) is 36.4 Å². The second-order valence-corrected chi connectivity index (χ2v) is 3.95. The molecule has 5 heteroatoms. The molecule has 0 aliphatic rings. The maximum absolute atomic E-state index is 9.19. The highest BCUT2D eigenvalue weighted by Crippen LogP contribution is 2.26. The van der Waals surface area contributed by atoms with Gasteiger partial charge in [-0.3, -0.25) is 0 Å². The van der Waals surface area contributed by atoms with Crippen molar-refractivity contribution >= 4 is 17.1 Å². The van der Waals surface area contributed by atoms with Gasteiger partial charge in [0, 0.05) is 13.1 Å². The Morgan fingerprint density at radius 1 is 1.00 bits per heavy atom. The van der Waals surface area contributed by atoms with E-state index in [1.165, 1.54) is 0 Å². The minimum absolute atomic E-state index is 0.212. The van der Waals surface area contributed by atoms with E-state index in [-0.39, 0.29) is 5.75 Å². The molecule has 0 amide bonds. The summed E-state index contributed by atoms with van der Waals surface area (Å²) >= 11 is 0. The molecule has 0 aromatic heterocycles. The summed E-state index contributed by atoms with van der Waals surface area (Å²) in [6.07, 6.45) is 0. The maximum atomic E-state index is 9.19. The number of anilines is 1. The number of rotatable bonds is 5. The Labute approximate surface area is 111 Å². The van der Waals surface area contributed by atoms with Gasteiger partial charge in [0.2, 0.25) is 0 Å². The number of phenols is 1. The van der Waals surface area contributed by atoms with Gasteiger partial charge >= 0.3 is 0 Å². The summed E-state index contributed by atoms with van der Waals surface area (Å²) in [4.78, 5) is 0. The van der Waals surface area contributed by atoms with E-state index in [1.54, 1.807) is 24.3 Å². The fraction of sp³-hybridized carbons (Fsp3) is 0.143. The number of benzene rings is 2. The number of phenolic OH excluding ortho intramolecular Hbond substituents is 1. The lowest BCUT2D eigenvalue weighted by molar-refractivity contribution is 0.475. The van der Waals surface area contributed by atoms with Gasteiger partial charge in [-0.2, -0.15) is 5.11 Å². The zero-order chi connectivity index (χ0) is 13.5. The standard InChI is InChI=1S/C14H16N4O/c15-9-10-16-13-3-1-2-4-14(13)18-17-11-5-7-12(19)8-6-11/h1-8,16,19H,9-10,15H2/b18-17+. The number of hydrogen-bond acceptors (Lipinski definition) is 5. The minimum Gasteiger partial charge on any atom is -0.508 e. The van der Waals surface area contributed by atoms with Gasteiger partial charge in [-0.25, -0.2) is 0 Å². The highest BCUT2D eigenvalue weighted by molar-refractivity contribution is 5.65. The third-order valence-electron chi connectivity index (χ3n) is 2.49. The Morgan fingerprint density at radius 2 is 1.74 bits per heavy atom. The first kappa shape index (κ1) is 13.0. The first-order valence-corrected chi connectivity index (χ1v) is 6.03. The predicted octanol–water partition coefficient (Wildman–Crippen LogP) is 3.18. The second kappa shape index (κ2) is 6.51. The van der Waals surface area contributed by atoms with E-state index < -0.39 is 0 Å². The molecule has 2 rings (SSSR count). The molecule has 0 spiro atoms.